The maximum atomic E-state index is 11.7. The summed E-state index contributed by atoms with van der Waals surface area (Å²) < 4.78 is 9.87. The minimum atomic E-state index is -0.658. The van der Waals surface area contributed by atoms with E-state index in [2.05, 4.69) is 0 Å². The van der Waals surface area contributed by atoms with Gasteiger partial charge in [0.1, 0.15) is 11.9 Å². The van der Waals surface area contributed by atoms with E-state index in [1.807, 2.05) is 13.8 Å². The van der Waals surface area contributed by atoms with Gasteiger partial charge in [0, 0.05) is 6.42 Å². The summed E-state index contributed by atoms with van der Waals surface area (Å²) in [6.07, 6.45) is 5.13. The van der Waals surface area contributed by atoms with Gasteiger partial charge in [0.05, 0.1) is 13.2 Å². The normalized spacial score (nSPS) is 9.58. The molecule has 5 nitrogen and oxygen atoms in total. The van der Waals surface area contributed by atoms with E-state index in [1.54, 1.807) is 0 Å². The molecule has 108 valence electrons. The summed E-state index contributed by atoms with van der Waals surface area (Å²) in [5, 5.41) is 0. The summed E-state index contributed by atoms with van der Waals surface area (Å²) in [4.78, 5) is 33.6. The number of carbonyl (C=O) groups excluding carboxylic acids is 3. The van der Waals surface area contributed by atoms with Crippen molar-refractivity contribution in [1.82, 2.24) is 0 Å². The van der Waals surface area contributed by atoms with Gasteiger partial charge in [-0.25, -0.2) is 9.59 Å². The summed E-state index contributed by atoms with van der Waals surface area (Å²) in [6.45, 7) is 4.28. The lowest BCUT2D eigenvalue weighted by molar-refractivity contribution is -0.147. The lowest BCUT2D eigenvalue weighted by Crippen LogP contribution is -2.19. The van der Waals surface area contributed by atoms with Gasteiger partial charge in [0.25, 0.3) is 0 Å². The van der Waals surface area contributed by atoms with E-state index in [1.165, 1.54) is 6.08 Å². The van der Waals surface area contributed by atoms with Gasteiger partial charge in [-0.05, 0) is 25.7 Å². The van der Waals surface area contributed by atoms with Crippen molar-refractivity contribution in [2.24, 2.45) is 0 Å². The average Bonchev–Trinajstić information content (AvgIpc) is 2.42. The minimum Gasteiger partial charge on any atom is -0.462 e. The van der Waals surface area contributed by atoms with Gasteiger partial charge in [-0.15, -0.1) is 0 Å². The smallest absolute Gasteiger partial charge is 0.345 e. The molecule has 0 aliphatic rings. The second-order valence-corrected chi connectivity index (χ2v) is 3.99. The Kier molecular flexibility index (Phi) is 10.4. The van der Waals surface area contributed by atoms with Crippen molar-refractivity contribution < 1.29 is 23.9 Å². The van der Waals surface area contributed by atoms with E-state index >= 15 is 0 Å². The molecule has 0 aromatic carbocycles. The molecule has 0 aliphatic carbocycles. The SMILES string of the molecule is CCCOC(=O)C(=CCCCC=O)C(=O)OCCC. The van der Waals surface area contributed by atoms with Crippen molar-refractivity contribution in [3.63, 3.8) is 0 Å². The summed E-state index contributed by atoms with van der Waals surface area (Å²) in [5.74, 6) is -1.32. The van der Waals surface area contributed by atoms with Crippen LogP contribution in [0.2, 0.25) is 0 Å². The molecule has 0 amide bonds. The Bertz CT molecular complexity index is 298. The van der Waals surface area contributed by atoms with Gasteiger partial charge in [0.15, 0.2) is 0 Å². The Morgan fingerprint density at radius 2 is 1.47 bits per heavy atom. The molecular formula is C14H22O5. The fourth-order valence-corrected chi connectivity index (χ4v) is 1.24. The Morgan fingerprint density at radius 3 is 1.89 bits per heavy atom. The molecule has 5 heteroatoms. The molecule has 0 heterocycles. The number of aldehydes is 1. The zero-order valence-corrected chi connectivity index (χ0v) is 11.6. The standard InChI is InChI=1S/C14H22O5/c1-3-10-18-13(16)12(8-6-5-7-9-15)14(17)19-11-4-2/h8-9H,3-7,10-11H2,1-2H3. The summed E-state index contributed by atoms with van der Waals surface area (Å²) >= 11 is 0. The van der Waals surface area contributed by atoms with E-state index in [9.17, 15) is 14.4 Å². The van der Waals surface area contributed by atoms with Crippen LogP contribution < -0.4 is 0 Å². The summed E-state index contributed by atoms with van der Waals surface area (Å²) in [5.41, 5.74) is -0.0761. The van der Waals surface area contributed by atoms with Crippen LogP contribution in [0, 0.1) is 0 Å². The van der Waals surface area contributed by atoms with Crippen LogP contribution in [0.15, 0.2) is 11.6 Å². The van der Waals surface area contributed by atoms with Gasteiger partial charge < -0.3 is 14.3 Å². The maximum absolute atomic E-state index is 11.7. The van der Waals surface area contributed by atoms with Gasteiger partial charge in [-0.1, -0.05) is 19.9 Å². The zero-order valence-electron chi connectivity index (χ0n) is 11.6. The van der Waals surface area contributed by atoms with Crippen LogP contribution in [0.25, 0.3) is 0 Å². The van der Waals surface area contributed by atoms with Crippen LogP contribution in [0.4, 0.5) is 0 Å². The molecule has 0 saturated heterocycles. The van der Waals surface area contributed by atoms with Crippen LogP contribution in [0.5, 0.6) is 0 Å². The third-order valence-electron chi connectivity index (χ3n) is 2.19. The number of ether oxygens (including phenoxy) is 2. The van der Waals surface area contributed by atoms with E-state index < -0.39 is 11.9 Å². The second kappa shape index (κ2) is 11.4. The molecule has 0 aromatic heterocycles. The van der Waals surface area contributed by atoms with E-state index in [0.717, 1.165) is 6.29 Å². The molecule has 19 heavy (non-hydrogen) atoms. The lowest BCUT2D eigenvalue weighted by atomic mass is 10.1. The fraction of sp³-hybridized carbons (Fsp3) is 0.643. The first-order valence-electron chi connectivity index (χ1n) is 6.65. The molecule has 0 spiro atoms. The molecule has 0 bridgehead atoms. The van der Waals surface area contributed by atoms with Gasteiger partial charge >= 0.3 is 11.9 Å². The number of allylic oxidation sites excluding steroid dienone is 1. The van der Waals surface area contributed by atoms with Crippen LogP contribution in [0.3, 0.4) is 0 Å². The summed E-state index contributed by atoms with van der Waals surface area (Å²) in [7, 11) is 0. The summed E-state index contributed by atoms with van der Waals surface area (Å²) in [6, 6.07) is 0. The van der Waals surface area contributed by atoms with Crippen LogP contribution >= 0.6 is 0 Å². The van der Waals surface area contributed by atoms with Gasteiger partial charge in [-0.2, -0.15) is 0 Å². The molecule has 0 atom stereocenters. The van der Waals surface area contributed by atoms with E-state index in [-0.39, 0.29) is 18.8 Å². The number of rotatable bonds is 10. The van der Waals surface area contributed by atoms with Crippen molar-refractivity contribution in [2.45, 2.75) is 46.0 Å². The highest BCUT2D eigenvalue weighted by atomic mass is 16.6. The number of carbonyl (C=O) groups is 3. The third-order valence-corrected chi connectivity index (χ3v) is 2.19. The molecule has 0 rings (SSSR count). The quantitative estimate of drug-likeness (QED) is 0.152. The van der Waals surface area contributed by atoms with Crippen molar-refractivity contribution >= 4 is 18.2 Å². The zero-order chi connectivity index (χ0) is 14.5. The first kappa shape index (κ1) is 17.4. The average molecular weight is 270 g/mol. The largest absolute Gasteiger partial charge is 0.462 e. The van der Waals surface area contributed by atoms with Crippen molar-refractivity contribution in [2.75, 3.05) is 13.2 Å². The second-order valence-electron chi connectivity index (χ2n) is 3.99. The van der Waals surface area contributed by atoms with E-state index in [0.29, 0.717) is 32.1 Å². The van der Waals surface area contributed by atoms with Crippen LogP contribution in [-0.2, 0) is 23.9 Å². The Balaban J connectivity index is 4.56. The predicted octanol–water partition coefficient (Wildman–Crippen LogP) is 2.19. The number of hydrogen-bond donors (Lipinski definition) is 0. The van der Waals surface area contributed by atoms with E-state index in [4.69, 9.17) is 9.47 Å². The van der Waals surface area contributed by atoms with Crippen LogP contribution in [0.1, 0.15) is 46.0 Å². The Labute approximate surface area is 114 Å². The monoisotopic (exact) mass is 270 g/mol. The molecule has 0 aromatic rings. The van der Waals surface area contributed by atoms with Crippen molar-refractivity contribution in [1.29, 1.82) is 0 Å². The molecule has 0 fully saturated rings. The third kappa shape index (κ3) is 8.13. The molecule has 0 saturated carbocycles. The molecular weight excluding hydrogens is 248 g/mol. The molecule has 0 radical (unpaired) electrons. The van der Waals surface area contributed by atoms with Crippen LogP contribution in [-0.4, -0.2) is 31.4 Å². The van der Waals surface area contributed by atoms with Crippen molar-refractivity contribution in [3.05, 3.63) is 11.6 Å². The van der Waals surface area contributed by atoms with Gasteiger partial charge in [-0.3, -0.25) is 0 Å². The topological polar surface area (TPSA) is 69.7 Å². The van der Waals surface area contributed by atoms with Gasteiger partial charge in [0.2, 0.25) is 0 Å². The number of unbranched alkanes of at least 4 members (excludes halogenated alkanes) is 2. The highest BCUT2D eigenvalue weighted by Crippen LogP contribution is 2.07. The molecule has 0 aliphatic heterocycles. The first-order valence-corrected chi connectivity index (χ1v) is 6.65. The van der Waals surface area contributed by atoms with Crippen molar-refractivity contribution in [3.8, 4) is 0 Å². The highest BCUT2D eigenvalue weighted by molar-refractivity contribution is 6.14. The first-order chi connectivity index (χ1) is 9.17. The fourth-order valence-electron chi connectivity index (χ4n) is 1.24. The Morgan fingerprint density at radius 1 is 0.947 bits per heavy atom. The number of hydrogen-bond acceptors (Lipinski definition) is 5. The minimum absolute atomic E-state index is 0.0761. The highest BCUT2D eigenvalue weighted by Gasteiger charge is 2.20. The Hall–Kier alpha value is -1.65. The number of esters is 2. The maximum Gasteiger partial charge on any atom is 0.345 e. The molecule has 0 N–H and O–H groups in total. The predicted molar refractivity (Wildman–Crippen MR) is 70.5 cm³/mol. The molecule has 0 unspecified atom stereocenters. The lowest BCUT2D eigenvalue weighted by Gasteiger charge is -2.07.